The molecule has 1 rings (SSSR count). The van der Waals surface area contributed by atoms with Gasteiger partial charge >= 0.3 is 0 Å². The third kappa shape index (κ3) is 4.22. The van der Waals surface area contributed by atoms with E-state index in [1.165, 1.54) is 0 Å². The van der Waals surface area contributed by atoms with Gasteiger partial charge in [0.2, 0.25) is 5.91 Å². The largest absolute Gasteiger partial charge is 0.343 e. The predicted molar refractivity (Wildman–Crippen MR) is 63.7 cm³/mol. The van der Waals surface area contributed by atoms with Crippen molar-refractivity contribution in [1.29, 1.82) is 5.26 Å². The van der Waals surface area contributed by atoms with Gasteiger partial charge in [-0.15, -0.1) is 0 Å². The molecule has 1 amide bonds. The molecule has 0 saturated carbocycles. The second-order valence-electron chi connectivity index (χ2n) is 5.41. The Bertz CT molecular complexity index is 278. The number of carbonyl (C=O) groups is 1. The van der Waals surface area contributed by atoms with Crippen molar-refractivity contribution in [2.75, 3.05) is 13.1 Å². The van der Waals surface area contributed by atoms with Crippen LogP contribution in [0, 0.1) is 16.7 Å². The molecule has 0 aliphatic carbocycles. The summed E-state index contributed by atoms with van der Waals surface area (Å²) in [4.78, 5) is 13.8. The molecular formula is C13H22N2O. The van der Waals surface area contributed by atoms with E-state index < -0.39 is 0 Å². The third-order valence-electron chi connectivity index (χ3n) is 3.39. The minimum atomic E-state index is 0.294. The lowest BCUT2D eigenvalue weighted by atomic mass is 9.85. The number of amides is 1. The summed E-state index contributed by atoms with van der Waals surface area (Å²) in [6.07, 6.45) is 5.25. The number of hydrogen-bond acceptors (Lipinski definition) is 2. The van der Waals surface area contributed by atoms with E-state index in [0.29, 0.717) is 24.2 Å². The fourth-order valence-corrected chi connectivity index (χ4v) is 2.03. The molecule has 0 aromatic heterocycles. The molecule has 0 radical (unpaired) electrons. The highest BCUT2D eigenvalue weighted by molar-refractivity contribution is 5.76. The molecule has 0 bridgehead atoms. The lowest BCUT2D eigenvalue weighted by Gasteiger charge is -2.23. The number of hydrogen-bond donors (Lipinski definition) is 0. The maximum Gasteiger partial charge on any atom is 0.222 e. The maximum absolute atomic E-state index is 11.8. The van der Waals surface area contributed by atoms with Gasteiger partial charge < -0.3 is 4.90 Å². The van der Waals surface area contributed by atoms with Gasteiger partial charge in [0.15, 0.2) is 0 Å². The van der Waals surface area contributed by atoms with Crippen molar-refractivity contribution in [2.45, 2.75) is 52.4 Å². The molecule has 1 saturated heterocycles. The average molecular weight is 222 g/mol. The number of likely N-dealkylation sites (tertiary alicyclic amines) is 1. The van der Waals surface area contributed by atoms with E-state index in [2.05, 4.69) is 19.9 Å². The van der Waals surface area contributed by atoms with E-state index in [9.17, 15) is 4.79 Å². The van der Waals surface area contributed by atoms with Crippen LogP contribution in [0.25, 0.3) is 0 Å². The molecule has 3 nitrogen and oxygen atoms in total. The molecule has 0 aromatic rings. The molecule has 1 fully saturated rings. The fourth-order valence-electron chi connectivity index (χ4n) is 2.03. The average Bonchev–Trinajstić information content (AvgIpc) is 2.36. The van der Waals surface area contributed by atoms with Crippen LogP contribution in [0.2, 0.25) is 0 Å². The molecule has 16 heavy (non-hydrogen) atoms. The van der Waals surface area contributed by atoms with Gasteiger partial charge in [-0.2, -0.15) is 5.26 Å². The van der Waals surface area contributed by atoms with Gasteiger partial charge in [0.05, 0.1) is 6.07 Å². The first kappa shape index (κ1) is 13.0. The van der Waals surface area contributed by atoms with Crippen LogP contribution in [0.1, 0.15) is 52.4 Å². The zero-order chi connectivity index (χ0) is 12.0. The quantitative estimate of drug-likeness (QED) is 0.686. The zero-order valence-electron chi connectivity index (χ0n) is 10.5. The highest BCUT2D eigenvalue weighted by atomic mass is 16.2. The van der Waals surface area contributed by atoms with E-state index in [0.717, 1.165) is 38.8 Å². The number of unbranched alkanes of at least 4 members (excludes halogenated alkanes) is 2. The normalized spacial score (nSPS) is 20.3. The summed E-state index contributed by atoms with van der Waals surface area (Å²) in [5, 5.41) is 8.44. The summed E-state index contributed by atoms with van der Waals surface area (Å²) < 4.78 is 0. The van der Waals surface area contributed by atoms with Crippen LogP contribution in [0.5, 0.6) is 0 Å². The number of nitriles is 1. The Morgan fingerprint density at radius 2 is 2.12 bits per heavy atom. The Hall–Kier alpha value is -1.04. The van der Waals surface area contributed by atoms with Crippen LogP contribution in [0.3, 0.4) is 0 Å². The molecule has 1 heterocycles. The molecule has 0 atom stereocenters. The fraction of sp³-hybridized carbons (Fsp3) is 0.846. The van der Waals surface area contributed by atoms with Crippen molar-refractivity contribution in [3.63, 3.8) is 0 Å². The zero-order valence-corrected chi connectivity index (χ0v) is 10.5. The molecule has 0 N–H and O–H groups in total. The van der Waals surface area contributed by atoms with Gasteiger partial charge in [-0.05, 0) is 31.1 Å². The molecule has 0 spiro atoms. The molecule has 3 heteroatoms. The van der Waals surface area contributed by atoms with Crippen molar-refractivity contribution >= 4 is 5.91 Å². The molecular weight excluding hydrogens is 200 g/mol. The first-order valence-electron chi connectivity index (χ1n) is 6.20. The smallest absolute Gasteiger partial charge is 0.222 e. The van der Waals surface area contributed by atoms with Crippen LogP contribution in [0.4, 0.5) is 0 Å². The number of nitrogens with zero attached hydrogens (tertiary/aromatic N) is 2. The third-order valence-corrected chi connectivity index (χ3v) is 3.39. The Morgan fingerprint density at radius 1 is 1.38 bits per heavy atom. The van der Waals surface area contributed by atoms with Crippen LogP contribution in [-0.2, 0) is 4.79 Å². The summed E-state index contributed by atoms with van der Waals surface area (Å²) in [5.41, 5.74) is 0.303. The highest BCUT2D eigenvalue weighted by Gasteiger charge is 2.26. The first-order chi connectivity index (χ1) is 7.55. The van der Waals surface area contributed by atoms with E-state index in [1.54, 1.807) is 0 Å². The van der Waals surface area contributed by atoms with Crippen molar-refractivity contribution < 1.29 is 4.79 Å². The van der Waals surface area contributed by atoms with E-state index in [1.807, 2.05) is 4.90 Å². The summed E-state index contributed by atoms with van der Waals surface area (Å²) in [6, 6.07) is 2.14. The van der Waals surface area contributed by atoms with Crippen LogP contribution < -0.4 is 0 Å². The van der Waals surface area contributed by atoms with Gasteiger partial charge in [0, 0.05) is 25.9 Å². The van der Waals surface area contributed by atoms with Gasteiger partial charge in [-0.1, -0.05) is 13.8 Å². The van der Waals surface area contributed by atoms with Crippen molar-refractivity contribution in [3.8, 4) is 6.07 Å². The van der Waals surface area contributed by atoms with Crippen molar-refractivity contribution in [3.05, 3.63) is 0 Å². The Morgan fingerprint density at radius 3 is 2.81 bits per heavy atom. The Kier molecular flexibility index (Phi) is 4.79. The van der Waals surface area contributed by atoms with Crippen molar-refractivity contribution in [2.24, 2.45) is 5.41 Å². The predicted octanol–water partition coefficient (Wildman–Crippen LogP) is 2.72. The summed E-state index contributed by atoms with van der Waals surface area (Å²) in [6.45, 7) is 6.19. The van der Waals surface area contributed by atoms with Crippen molar-refractivity contribution in [1.82, 2.24) is 4.90 Å². The van der Waals surface area contributed by atoms with Gasteiger partial charge in [0.25, 0.3) is 0 Å². The second-order valence-corrected chi connectivity index (χ2v) is 5.41. The van der Waals surface area contributed by atoms with Gasteiger partial charge in [-0.3, -0.25) is 4.79 Å². The van der Waals surface area contributed by atoms with Gasteiger partial charge in [0.1, 0.15) is 0 Å². The number of carbonyl (C=O) groups excluding carboxylic acids is 1. The summed E-state index contributed by atoms with van der Waals surface area (Å²) in [5.74, 6) is 0.294. The standard InChI is InChI=1S/C13H22N2O/c1-13(2)7-6-12(16)15(11-8-13)10-5-3-4-9-14/h3-8,10-11H2,1-2H3. The SMILES string of the molecule is CC1(C)CCC(=O)N(CCCCC#N)CC1. The van der Waals surface area contributed by atoms with E-state index >= 15 is 0 Å². The van der Waals surface area contributed by atoms with E-state index in [4.69, 9.17) is 5.26 Å². The number of rotatable bonds is 4. The first-order valence-corrected chi connectivity index (χ1v) is 6.20. The summed E-state index contributed by atoms with van der Waals surface area (Å²) >= 11 is 0. The van der Waals surface area contributed by atoms with Crippen LogP contribution in [0.15, 0.2) is 0 Å². The molecule has 90 valence electrons. The minimum Gasteiger partial charge on any atom is -0.343 e. The van der Waals surface area contributed by atoms with Crippen LogP contribution >= 0.6 is 0 Å². The Balaban J connectivity index is 2.36. The lowest BCUT2D eigenvalue weighted by Crippen LogP contribution is -2.31. The molecule has 0 unspecified atom stereocenters. The lowest BCUT2D eigenvalue weighted by molar-refractivity contribution is -0.130. The topological polar surface area (TPSA) is 44.1 Å². The maximum atomic E-state index is 11.8. The Labute approximate surface area is 98.4 Å². The van der Waals surface area contributed by atoms with Crippen LogP contribution in [-0.4, -0.2) is 23.9 Å². The molecule has 1 aliphatic rings. The van der Waals surface area contributed by atoms with E-state index in [-0.39, 0.29) is 0 Å². The molecule has 0 aromatic carbocycles. The summed E-state index contributed by atoms with van der Waals surface area (Å²) in [7, 11) is 0. The second kappa shape index (κ2) is 5.89. The minimum absolute atomic E-state index is 0.294. The molecule has 1 aliphatic heterocycles. The monoisotopic (exact) mass is 222 g/mol. The van der Waals surface area contributed by atoms with Gasteiger partial charge in [-0.25, -0.2) is 0 Å². The highest BCUT2D eigenvalue weighted by Crippen LogP contribution is 2.30.